The molecule has 0 saturated heterocycles. The lowest BCUT2D eigenvalue weighted by Crippen LogP contribution is -2.30. The zero-order chi connectivity index (χ0) is 18.4. The van der Waals surface area contributed by atoms with Crippen LogP contribution in [0.3, 0.4) is 0 Å². The summed E-state index contributed by atoms with van der Waals surface area (Å²) in [5.41, 5.74) is 1.91. The van der Waals surface area contributed by atoms with Crippen molar-refractivity contribution >= 4 is 17.5 Å². The number of ether oxygens (including phenoxy) is 1. The molecule has 3 aromatic rings. The smallest absolute Gasteiger partial charge is 0.228 e. The first kappa shape index (κ1) is 18.1. The molecule has 0 radical (unpaired) electrons. The number of hydrogen-bond acceptors (Lipinski definition) is 3. The first-order valence-corrected chi connectivity index (χ1v) is 8.72. The quantitative estimate of drug-likeness (QED) is 0.663. The van der Waals surface area contributed by atoms with Crippen molar-refractivity contribution in [3.8, 4) is 5.75 Å². The number of carbonyl (C=O) groups excluding carboxylic acids is 1. The minimum atomic E-state index is -0.350. The van der Waals surface area contributed by atoms with E-state index in [9.17, 15) is 4.79 Å². The highest BCUT2D eigenvalue weighted by Crippen LogP contribution is 2.23. The predicted molar refractivity (Wildman–Crippen MR) is 101 cm³/mol. The second-order valence-corrected chi connectivity index (χ2v) is 6.39. The highest BCUT2D eigenvalue weighted by atomic mass is 35.5. The summed E-state index contributed by atoms with van der Waals surface area (Å²) in [6.07, 6.45) is 2.10. The Labute approximate surface area is 157 Å². The van der Waals surface area contributed by atoms with Gasteiger partial charge in [-0.3, -0.25) is 4.79 Å². The number of hydrogen-bond donors (Lipinski definition) is 1. The maximum absolute atomic E-state index is 12.8. The van der Waals surface area contributed by atoms with E-state index >= 15 is 0 Å². The van der Waals surface area contributed by atoms with Gasteiger partial charge in [-0.1, -0.05) is 35.9 Å². The summed E-state index contributed by atoms with van der Waals surface area (Å²) in [5.74, 6) is 1.15. The SMILES string of the molecule is COc1ccc(CNC(=O)C(Cc2ccco2)c2ccc(Cl)cc2)cc1. The molecule has 1 amide bonds. The van der Waals surface area contributed by atoms with E-state index in [4.69, 9.17) is 20.8 Å². The van der Waals surface area contributed by atoms with Gasteiger partial charge < -0.3 is 14.5 Å². The van der Waals surface area contributed by atoms with E-state index in [1.165, 1.54) is 0 Å². The molecule has 4 nitrogen and oxygen atoms in total. The molecule has 26 heavy (non-hydrogen) atoms. The third-order valence-corrected chi connectivity index (χ3v) is 4.45. The van der Waals surface area contributed by atoms with E-state index in [2.05, 4.69) is 5.32 Å². The maximum Gasteiger partial charge on any atom is 0.228 e. The summed E-state index contributed by atoms with van der Waals surface area (Å²) in [6.45, 7) is 0.449. The number of amides is 1. The van der Waals surface area contributed by atoms with Gasteiger partial charge in [0.1, 0.15) is 11.5 Å². The lowest BCUT2D eigenvalue weighted by atomic mass is 9.93. The number of benzene rings is 2. The van der Waals surface area contributed by atoms with Crippen LogP contribution in [0.4, 0.5) is 0 Å². The van der Waals surface area contributed by atoms with Crippen molar-refractivity contribution < 1.29 is 13.9 Å². The lowest BCUT2D eigenvalue weighted by Gasteiger charge is -2.17. The molecule has 1 unspecified atom stereocenters. The Morgan fingerprint density at radius 1 is 1.12 bits per heavy atom. The zero-order valence-corrected chi connectivity index (χ0v) is 15.2. The van der Waals surface area contributed by atoms with Crippen LogP contribution in [0.2, 0.25) is 5.02 Å². The second kappa shape index (κ2) is 8.59. The number of carbonyl (C=O) groups is 1. The van der Waals surface area contributed by atoms with Gasteiger partial charge in [0, 0.05) is 18.0 Å². The fourth-order valence-electron chi connectivity index (χ4n) is 2.74. The molecule has 0 fully saturated rings. The first-order valence-electron chi connectivity index (χ1n) is 8.34. The van der Waals surface area contributed by atoms with Gasteiger partial charge in [0.2, 0.25) is 5.91 Å². The molecule has 1 N–H and O–H groups in total. The van der Waals surface area contributed by atoms with E-state index in [1.807, 2.05) is 48.5 Å². The van der Waals surface area contributed by atoms with Crippen LogP contribution in [0.5, 0.6) is 5.75 Å². The lowest BCUT2D eigenvalue weighted by molar-refractivity contribution is -0.122. The molecule has 134 valence electrons. The minimum Gasteiger partial charge on any atom is -0.497 e. The minimum absolute atomic E-state index is 0.0560. The van der Waals surface area contributed by atoms with Gasteiger partial charge in [0.05, 0.1) is 19.3 Å². The molecule has 1 aromatic heterocycles. The van der Waals surface area contributed by atoms with Gasteiger partial charge in [0.15, 0.2) is 0 Å². The summed E-state index contributed by atoms with van der Waals surface area (Å²) < 4.78 is 10.6. The topological polar surface area (TPSA) is 51.5 Å². The summed E-state index contributed by atoms with van der Waals surface area (Å²) in [5, 5.41) is 3.65. The molecule has 3 rings (SSSR count). The van der Waals surface area contributed by atoms with Gasteiger partial charge in [0.25, 0.3) is 0 Å². The molecule has 0 spiro atoms. The molecule has 2 aromatic carbocycles. The number of furan rings is 1. The molecule has 5 heteroatoms. The number of rotatable bonds is 7. The third-order valence-electron chi connectivity index (χ3n) is 4.20. The average Bonchev–Trinajstić information content (AvgIpc) is 3.19. The Hall–Kier alpha value is -2.72. The Balaban J connectivity index is 1.72. The molecule has 0 saturated carbocycles. The predicted octanol–water partition coefficient (Wildman–Crippen LogP) is 4.58. The highest BCUT2D eigenvalue weighted by molar-refractivity contribution is 6.30. The molecule has 0 aliphatic rings. The summed E-state index contributed by atoms with van der Waals surface area (Å²) in [4.78, 5) is 12.8. The Morgan fingerprint density at radius 2 is 1.85 bits per heavy atom. The highest BCUT2D eigenvalue weighted by Gasteiger charge is 2.22. The van der Waals surface area contributed by atoms with Gasteiger partial charge in [-0.2, -0.15) is 0 Å². The van der Waals surface area contributed by atoms with Crippen molar-refractivity contribution in [2.75, 3.05) is 7.11 Å². The van der Waals surface area contributed by atoms with Crippen LogP contribution < -0.4 is 10.1 Å². The van der Waals surface area contributed by atoms with Gasteiger partial charge in [-0.05, 0) is 47.5 Å². The van der Waals surface area contributed by atoms with E-state index in [0.717, 1.165) is 22.6 Å². The summed E-state index contributed by atoms with van der Waals surface area (Å²) >= 11 is 5.98. The van der Waals surface area contributed by atoms with Crippen LogP contribution in [-0.4, -0.2) is 13.0 Å². The van der Waals surface area contributed by atoms with Crippen LogP contribution in [0, 0.1) is 0 Å². The zero-order valence-electron chi connectivity index (χ0n) is 14.4. The molecular formula is C21H20ClNO3. The number of halogens is 1. The second-order valence-electron chi connectivity index (χ2n) is 5.95. The van der Waals surface area contributed by atoms with Gasteiger partial charge in [-0.25, -0.2) is 0 Å². The Bertz CT molecular complexity index is 827. The van der Waals surface area contributed by atoms with E-state index in [-0.39, 0.29) is 11.8 Å². The summed E-state index contributed by atoms with van der Waals surface area (Å²) in [6, 6.07) is 18.7. The molecule has 1 heterocycles. The van der Waals surface area contributed by atoms with Crippen LogP contribution in [0.1, 0.15) is 22.8 Å². The first-order chi connectivity index (χ1) is 12.7. The average molecular weight is 370 g/mol. The van der Waals surface area contributed by atoms with Crippen molar-refractivity contribution in [1.82, 2.24) is 5.32 Å². The van der Waals surface area contributed by atoms with Crippen molar-refractivity contribution in [3.63, 3.8) is 0 Å². The number of nitrogens with one attached hydrogen (secondary N) is 1. The third kappa shape index (κ3) is 4.67. The number of methoxy groups -OCH3 is 1. The molecular weight excluding hydrogens is 350 g/mol. The fraction of sp³-hybridized carbons (Fsp3) is 0.190. The largest absolute Gasteiger partial charge is 0.497 e. The van der Waals surface area contributed by atoms with E-state index in [1.54, 1.807) is 25.5 Å². The molecule has 0 aliphatic heterocycles. The van der Waals surface area contributed by atoms with Crippen molar-refractivity contribution in [3.05, 3.63) is 88.8 Å². The van der Waals surface area contributed by atoms with Gasteiger partial charge in [-0.15, -0.1) is 0 Å². The van der Waals surface area contributed by atoms with E-state index in [0.29, 0.717) is 18.0 Å². The fourth-order valence-corrected chi connectivity index (χ4v) is 2.87. The van der Waals surface area contributed by atoms with Crippen molar-refractivity contribution in [2.24, 2.45) is 0 Å². The molecule has 0 aliphatic carbocycles. The Morgan fingerprint density at radius 3 is 2.46 bits per heavy atom. The normalized spacial score (nSPS) is 11.8. The van der Waals surface area contributed by atoms with Gasteiger partial charge >= 0.3 is 0 Å². The van der Waals surface area contributed by atoms with E-state index < -0.39 is 0 Å². The maximum atomic E-state index is 12.8. The monoisotopic (exact) mass is 369 g/mol. The Kier molecular flexibility index (Phi) is 5.97. The van der Waals surface area contributed by atoms with Crippen LogP contribution in [-0.2, 0) is 17.8 Å². The summed E-state index contributed by atoms with van der Waals surface area (Å²) in [7, 11) is 1.63. The molecule has 0 bridgehead atoms. The van der Waals surface area contributed by atoms with Crippen molar-refractivity contribution in [2.45, 2.75) is 18.9 Å². The standard InChI is InChI=1S/C21H20ClNO3/c1-25-18-10-4-15(5-11-18)14-23-21(24)20(13-19-3-2-12-26-19)16-6-8-17(22)9-7-16/h2-12,20H,13-14H2,1H3,(H,23,24). The van der Waals surface area contributed by atoms with Crippen LogP contribution >= 0.6 is 11.6 Å². The van der Waals surface area contributed by atoms with Crippen LogP contribution in [0.15, 0.2) is 71.3 Å². The van der Waals surface area contributed by atoms with Crippen molar-refractivity contribution in [1.29, 1.82) is 0 Å². The molecule has 1 atom stereocenters. The van der Waals surface area contributed by atoms with Crippen LogP contribution in [0.25, 0.3) is 0 Å².